The van der Waals surface area contributed by atoms with Gasteiger partial charge in [0.15, 0.2) is 0 Å². The summed E-state index contributed by atoms with van der Waals surface area (Å²) in [7, 11) is 1.97. The van der Waals surface area contributed by atoms with Gasteiger partial charge < -0.3 is 9.88 Å². The van der Waals surface area contributed by atoms with Gasteiger partial charge in [0.25, 0.3) is 0 Å². The number of benzene rings is 1. The molecular formula is C19H22N4O. The number of aryl methyl sites for hydroxylation is 2. The maximum absolute atomic E-state index is 12.6. The van der Waals surface area contributed by atoms with Crippen LogP contribution in [0.5, 0.6) is 0 Å². The molecule has 1 aliphatic rings. The molecule has 1 N–H and O–H groups in total. The predicted octanol–water partition coefficient (Wildman–Crippen LogP) is 2.88. The Labute approximate surface area is 141 Å². The van der Waals surface area contributed by atoms with Crippen LogP contribution in [0.1, 0.15) is 35.7 Å². The zero-order chi connectivity index (χ0) is 16.7. The summed E-state index contributed by atoms with van der Waals surface area (Å²) in [5.41, 5.74) is 4.72. The van der Waals surface area contributed by atoms with Crippen molar-refractivity contribution in [3.8, 4) is 0 Å². The first-order valence-electron chi connectivity index (χ1n) is 8.48. The van der Waals surface area contributed by atoms with Crippen molar-refractivity contribution in [1.82, 2.24) is 19.7 Å². The third-order valence-electron chi connectivity index (χ3n) is 5.01. The van der Waals surface area contributed by atoms with Gasteiger partial charge in [0.05, 0.1) is 12.2 Å². The first kappa shape index (κ1) is 15.0. The monoisotopic (exact) mass is 322 g/mol. The molecule has 0 aliphatic heterocycles. The van der Waals surface area contributed by atoms with Crippen LogP contribution in [0.2, 0.25) is 0 Å². The van der Waals surface area contributed by atoms with Crippen LogP contribution in [0.15, 0.2) is 36.7 Å². The first-order chi connectivity index (χ1) is 11.6. The molecule has 1 amide bonds. The van der Waals surface area contributed by atoms with Crippen LogP contribution < -0.4 is 5.32 Å². The molecule has 0 saturated carbocycles. The summed E-state index contributed by atoms with van der Waals surface area (Å²) in [5, 5.41) is 8.75. The molecule has 5 heteroatoms. The minimum atomic E-state index is 0.0532. The lowest BCUT2D eigenvalue weighted by Gasteiger charge is -2.24. The van der Waals surface area contributed by atoms with Gasteiger partial charge in [-0.1, -0.05) is 18.2 Å². The number of amides is 1. The Hall–Kier alpha value is -2.56. The number of carbonyl (C=O) groups is 1. The Kier molecular flexibility index (Phi) is 3.63. The summed E-state index contributed by atoms with van der Waals surface area (Å²) in [6.45, 7) is 2.43. The Morgan fingerprint density at radius 2 is 2.21 bits per heavy atom. The van der Waals surface area contributed by atoms with Crippen LogP contribution in [0.25, 0.3) is 10.9 Å². The maximum atomic E-state index is 12.6. The van der Waals surface area contributed by atoms with Crippen LogP contribution in [0.4, 0.5) is 0 Å². The molecular weight excluding hydrogens is 300 g/mol. The Morgan fingerprint density at radius 1 is 1.38 bits per heavy atom. The van der Waals surface area contributed by atoms with E-state index in [0.717, 1.165) is 24.8 Å². The van der Waals surface area contributed by atoms with Gasteiger partial charge >= 0.3 is 0 Å². The second-order valence-corrected chi connectivity index (χ2v) is 6.64. The minimum Gasteiger partial charge on any atom is -0.348 e. The molecule has 1 atom stereocenters. The van der Waals surface area contributed by atoms with Gasteiger partial charge in [0.1, 0.15) is 6.54 Å². The van der Waals surface area contributed by atoms with E-state index in [0.29, 0.717) is 6.54 Å². The van der Waals surface area contributed by atoms with Crippen molar-refractivity contribution in [3.63, 3.8) is 0 Å². The highest BCUT2D eigenvalue weighted by Gasteiger charge is 2.24. The van der Waals surface area contributed by atoms with Crippen LogP contribution in [0.3, 0.4) is 0 Å². The highest BCUT2D eigenvalue weighted by molar-refractivity contribution is 5.86. The van der Waals surface area contributed by atoms with Gasteiger partial charge in [0, 0.05) is 35.4 Å². The molecule has 0 spiro atoms. The molecule has 4 rings (SSSR count). The van der Waals surface area contributed by atoms with Gasteiger partial charge in [-0.25, -0.2) is 0 Å². The van der Waals surface area contributed by atoms with Crippen LogP contribution in [-0.2, 0) is 24.8 Å². The number of carbonyl (C=O) groups excluding carboxylic acids is 1. The molecule has 3 aromatic rings. The fourth-order valence-electron chi connectivity index (χ4n) is 3.81. The van der Waals surface area contributed by atoms with E-state index < -0.39 is 0 Å². The predicted molar refractivity (Wildman–Crippen MR) is 93.7 cm³/mol. The second-order valence-electron chi connectivity index (χ2n) is 6.64. The lowest BCUT2D eigenvalue weighted by atomic mass is 9.93. The van der Waals surface area contributed by atoms with Crippen molar-refractivity contribution in [1.29, 1.82) is 0 Å². The van der Waals surface area contributed by atoms with Crippen LogP contribution >= 0.6 is 0 Å². The number of nitrogens with one attached hydrogen (secondary N) is 1. The fourth-order valence-corrected chi connectivity index (χ4v) is 3.81. The normalized spacial score (nSPS) is 17.0. The topological polar surface area (TPSA) is 51.9 Å². The van der Waals surface area contributed by atoms with Crippen molar-refractivity contribution in [3.05, 3.63) is 53.5 Å². The number of rotatable bonds is 3. The van der Waals surface area contributed by atoms with Gasteiger partial charge in [0.2, 0.25) is 5.91 Å². The summed E-state index contributed by atoms with van der Waals surface area (Å²) < 4.78 is 3.96. The summed E-state index contributed by atoms with van der Waals surface area (Å²) in [6.07, 6.45) is 7.06. The quantitative estimate of drug-likeness (QED) is 0.806. The average Bonchev–Trinajstić information content (AvgIpc) is 3.10. The van der Waals surface area contributed by atoms with Crippen LogP contribution in [0, 0.1) is 6.92 Å². The maximum Gasteiger partial charge on any atom is 0.240 e. The average molecular weight is 322 g/mol. The molecule has 2 heterocycles. The second kappa shape index (κ2) is 5.82. The fraction of sp³-hybridized carbons (Fsp3) is 0.368. The largest absolute Gasteiger partial charge is 0.348 e. The summed E-state index contributed by atoms with van der Waals surface area (Å²) in [6, 6.07) is 8.29. The van der Waals surface area contributed by atoms with Gasteiger partial charge in [-0.05, 0) is 37.8 Å². The number of nitrogens with zero attached hydrogens (tertiary/aromatic N) is 3. The van der Waals surface area contributed by atoms with Crippen molar-refractivity contribution in [2.45, 2.75) is 38.8 Å². The third kappa shape index (κ3) is 2.50. The van der Waals surface area contributed by atoms with Crippen LogP contribution in [-0.4, -0.2) is 20.3 Å². The lowest BCUT2D eigenvalue weighted by Crippen LogP contribution is -2.33. The van der Waals surface area contributed by atoms with Gasteiger partial charge in [-0.3, -0.25) is 9.48 Å². The number of hydrogen-bond acceptors (Lipinski definition) is 2. The molecule has 24 heavy (non-hydrogen) atoms. The highest BCUT2D eigenvalue weighted by Crippen LogP contribution is 2.29. The van der Waals surface area contributed by atoms with Crippen molar-refractivity contribution in [2.24, 2.45) is 7.05 Å². The molecule has 0 fully saturated rings. The first-order valence-corrected chi connectivity index (χ1v) is 8.48. The van der Waals surface area contributed by atoms with Gasteiger partial charge in [-0.2, -0.15) is 5.10 Å². The number of para-hydroxylation sites is 1. The van der Waals surface area contributed by atoms with Crippen molar-refractivity contribution >= 4 is 16.8 Å². The SMILES string of the molecule is Cc1cn(CC(=O)N[C@H]2CCCc3c2cnn3C)c2ccccc12. The smallest absolute Gasteiger partial charge is 0.240 e. The number of fused-ring (bicyclic) bond motifs is 2. The molecule has 0 bridgehead atoms. The molecule has 0 radical (unpaired) electrons. The molecule has 5 nitrogen and oxygen atoms in total. The summed E-state index contributed by atoms with van der Waals surface area (Å²) in [5.74, 6) is 0.0532. The Balaban J connectivity index is 1.53. The minimum absolute atomic E-state index is 0.0532. The van der Waals surface area contributed by atoms with Crippen molar-refractivity contribution < 1.29 is 4.79 Å². The summed E-state index contributed by atoms with van der Waals surface area (Å²) in [4.78, 5) is 12.6. The molecule has 124 valence electrons. The van der Waals surface area contributed by atoms with E-state index in [1.54, 1.807) is 0 Å². The van der Waals surface area contributed by atoms with E-state index in [9.17, 15) is 4.79 Å². The van der Waals surface area contributed by atoms with E-state index in [1.807, 2.05) is 34.6 Å². The Bertz CT molecular complexity index is 905. The molecule has 1 aromatic carbocycles. The van der Waals surface area contributed by atoms with E-state index in [2.05, 4.69) is 35.7 Å². The highest BCUT2D eigenvalue weighted by atomic mass is 16.2. The zero-order valence-corrected chi connectivity index (χ0v) is 14.1. The standard InChI is InChI=1S/C19H22N4O/c1-13-11-23(18-8-4-3-6-14(13)18)12-19(24)21-16-7-5-9-17-15(16)10-20-22(17)2/h3-4,6,8,10-11,16H,5,7,9,12H2,1-2H3,(H,21,24)/t16-/m0/s1. The number of hydrogen-bond donors (Lipinski definition) is 1. The molecule has 1 aliphatic carbocycles. The molecule has 2 aromatic heterocycles. The number of aromatic nitrogens is 3. The summed E-state index contributed by atoms with van der Waals surface area (Å²) >= 11 is 0. The Morgan fingerprint density at radius 3 is 3.08 bits per heavy atom. The lowest BCUT2D eigenvalue weighted by molar-refractivity contribution is -0.122. The van der Waals surface area contributed by atoms with E-state index in [4.69, 9.17) is 0 Å². The molecule has 0 unspecified atom stereocenters. The third-order valence-corrected chi connectivity index (χ3v) is 5.01. The van der Waals surface area contributed by atoms with E-state index >= 15 is 0 Å². The zero-order valence-electron chi connectivity index (χ0n) is 14.1. The van der Waals surface area contributed by atoms with E-state index in [-0.39, 0.29) is 11.9 Å². The van der Waals surface area contributed by atoms with E-state index in [1.165, 1.54) is 22.2 Å². The van der Waals surface area contributed by atoms with Crippen molar-refractivity contribution in [2.75, 3.05) is 0 Å². The molecule has 0 saturated heterocycles. The van der Waals surface area contributed by atoms with Gasteiger partial charge in [-0.15, -0.1) is 0 Å².